The van der Waals surface area contributed by atoms with E-state index < -0.39 is 5.69 Å². The zero-order valence-electron chi connectivity index (χ0n) is 17.3. The molecule has 0 saturated carbocycles. The molecule has 150 valence electrons. The molecule has 1 aromatic carbocycles. The topological polar surface area (TPSA) is 79.6 Å². The number of nitrogens with zero attached hydrogens (tertiary/aromatic N) is 6. The number of imidazole rings is 1. The molecule has 0 spiro atoms. The lowest BCUT2D eigenvalue weighted by molar-refractivity contribution is 0.648. The molecule has 0 unspecified atom stereocenters. The number of hydrogen-bond donors (Lipinski definition) is 0. The van der Waals surface area contributed by atoms with Crippen molar-refractivity contribution in [1.82, 2.24) is 28.5 Å². The van der Waals surface area contributed by atoms with Gasteiger partial charge in [-0.15, -0.1) is 0 Å². The van der Waals surface area contributed by atoms with Crippen LogP contribution in [0.1, 0.15) is 22.5 Å². The Labute approximate surface area is 167 Å². The first-order valence-corrected chi connectivity index (χ1v) is 9.54. The average Bonchev–Trinajstić information content (AvgIpc) is 3.22. The highest BCUT2D eigenvalue weighted by Gasteiger charge is 2.22. The molecule has 8 heteroatoms. The molecule has 0 N–H and O–H groups in total. The van der Waals surface area contributed by atoms with E-state index in [4.69, 9.17) is 0 Å². The van der Waals surface area contributed by atoms with Crippen LogP contribution >= 0.6 is 0 Å². The van der Waals surface area contributed by atoms with Crippen molar-refractivity contribution in [3.05, 3.63) is 73.7 Å². The van der Waals surface area contributed by atoms with Crippen molar-refractivity contribution in [2.45, 2.75) is 33.7 Å². The van der Waals surface area contributed by atoms with Gasteiger partial charge in [-0.05, 0) is 38.3 Å². The lowest BCUT2D eigenvalue weighted by Crippen LogP contribution is -2.37. The van der Waals surface area contributed by atoms with E-state index in [0.717, 1.165) is 33.5 Å². The zero-order valence-corrected chi connectivity index (χ0v) is 17.3. The van der Waals surface area contributed by atoms with Crippen molar-refractivity contribution in [2.24, 2.45) is 14.1 Å². The fourth-order valence-electron chi connectivity index (χ4n) is 3.61. The molecule has 4 aromatic rings. The van der Waals surface area contributed by atoms with Crippen LogP contribution in [0, 0.1) is 20.8 Å². The van der Waals surface area contributed by atoms with Gasteiger partial charge >= 0.3 is 5.69 Å². The highest BCUT2D eigenvalue weighted by Crippen LogP contribution is 2.20. The first kappa shape index (κ1) is 18.9. The lowest BCUT2D eigenvalue weighted by atomic mass is 10.1. The summed E-state index contributed by atoms with van der Waals surface area (Å²) in [7, 11) is 3.13. The van der Waals surface area contributed by atoms with Crippen LogP contribution in [-0.2, 0) is 27.1 Å². The second kappa shape index (κ2) is 6.88. The molecule has 3 aromatic heterocycles. The summed E-state index contributed by atoms with van der Waals surface area (Å²) < 4.78 is 6.18. The van der Waals surface area contributed by atoms with E-state index in [1.807, 2.05) is 43.5 Å². The smallest absolute Gasteiger partial charge is 0.302 e. The maximum atomic E-state index is 13.0. The third-order valence-corrected chi connectivity index (χ3v) is 5.64. The number of benzene rings is 1. The first-order chi connectivity index (χ1) is 13.8. The Morgan fingerprint density at radius 2 is 1.66 bits per heavy atom. The molecule has 0 aliphatic carbocycles. The summed E-state index contributed by atoms with van der Waals surface area (Å²) in [6.45, 7) is 6.48. The van der Waals surface area contributed by atoms with Gasteiger partial charge in [0, 0.05) is 26.3 Å². The monoisotopic (exact) mass is 392 g/mol. The van der Waals surface area contributed by atoms with Crippen LogP contribution in [0.2, 0.25) is 0 Å². The largest absolute Gasteiger partial charge is 0.332 e. The van der Waals surface area contributed by atoms with Gasteiger partial charge in [-0.3, -0.25) is 13.9 Å². The van der Waals surface area contributed by atoms with E-state index in [0.29, 0.717) is 23.7 Å². The molecule has 0 aliphatic rings. The van der Waals surface area contributed by atoms with E-state index in [1.54, 1.807) is 11.7 Å². The molecule has 0 atom stereocenters. The average molecular weight is 392 g/mol. The van der Waals surface area contributed by atoms with Crippen LogP contribution in [0.15, 0.2) is 39.9 Å². The maximum absolute atomic E-state index is 13.0. The quantitative estimate of drug-likeness (QED) is 0.530. The number of fused-ring (bicyclic) bond motifs is 1. The molecule has 0 fully saturated rings. The summed E-state index contributed by atoms with van der Waals surface area (Å²) in [4.78, 5) is 30.1. The molecule has 4 rings (SSSR count). The summed E-state index contributed by atoms with van der Waals surface area (Å²) in [6.07, 6.45) is 0.726. The standard InChI is InChI=1S/C21H24N6O2/c1-13-14(2)23-27(15(13)3)20-22-18-17(19(28)25(5)21(29)24(18)4)26(20)12-11-16-9-7-6-8-10-16/h6-10H,11-12H2,1-5H3. The Hall–Kier alpha value is -3.42. The van der Waals surface area contributed by atoms with Crippen LogP contribution in [0.25, 0.3) is 17.1 Å². The third-order valence-electron chi connectivity index (χ3n) is 5.64. The van der Waals surface area contributed by atoms with Crippen molar-refractivity contribution in [3.8, 4) is 5.95 Å². The van der Waals surface area contributed by atoms with Crippen molar-refractivity contribution >= 4 is 11.2 Å². The van der Waals surface area contributed by atoms with Gasteiger partial charge in [0.05, 0.1) is 5.69 Å². The van der Waals surface area contributed by atoms with Gasteiger partial charge < -0.3 is 4.57 Å². The summed E-state index contributed by atoms with van der Waals surface area (Å²) in [6, 6.07) is 10.1. The van der Waals surface area contributed by atoms with Gasteiger partial charge in [-0.2, -0.15) is 10.1 Å². The van der Waals surface area contributed by atoms with E-state index >= 15 is 0 Å². The Bertz CT molecular complexity index is 1340. The summed E-state index contributed by atoms with van der Waals surface area (Å²) in [5.41, 5.74) is 4.13. The minimum absolute atomic E-state index is 0.354. The molecule has 0 bridgehead atoms. The predicted molar refractivity (Wildman–Crippen MR) is 112 cm³/mol. The van der Waals surface area contributed by atoms with Crippen LogP contribution in [0.5, 0.6) is 0 Å². The highest BCUT2D eigenvalue weighted by atomic mass is 16.2. The van der Waals surface area contributed by atoms with E-state index in [-0.39, 0.29) is 5.56 Å². The third kappa shape index (κ3) is 2.91. The fraction of sp³-hybridized carbons (Fsp3) is 0.333. The lowest BCUT2D eigenvalue weighted by Gasteiger charge is -2.11. The van der Waals surface area contributed by atoms with Gasteiger partial charge in [0.15, 0.2) is 11.2 Å². The summed E-state index contributed by atoms with van der Waals surface area (Å²) >= 11 is 0. The van der Waals surface area contributed by atoms with Crippen LogP contribution in [-0.4, -0.2) is 28.5 Å². The Morgan fingerprint density at radius 3 is 2.28 bits per heavy atom. The van der Waals surface area contributed by atoms with Crippen LogP contribution < -0.4 is 11.2 Å². The number of aryl methyl sites for hydroxylation is 4. The van der Waals surface area contributed by atoms with E-state index in [1.165, 1.54) is 11.6 Å². The van der Waals surface area contributed by atoms with Crippen molar-refractivity contribution in [3.63, 3.8) is 0 Å². The van der Waals surface area contributed by atoms with Crippen molar-refractivity contribution in [2.75, 3.05) is 0 Å². The zero-order chi connectivity index (χ0) is 20.9. The fourth-order valence-corrected chi connectivity index (χ4v) is 3.61. The SMILES string of the molecule is Cc1nn(-c2nc3c(c(=O)n(C)c(=O)n3C)n2CCc2ccccc2)c(C)c1C. The van der Waals surface area contributed by atoms with E-state index in [9.17, 15) is 9.59 Å². The highest BCUT2D eigenvalue weighted by molar-refractivity contribution is 5.72. The van der Waals surface area contributed by atoms with Crippen molar-refractivity contribution in [1.29, 1.82) is 0 Å². The number of aromatic nitrogens is 6. The molecule has 0 amide bonds. The van der Waals surface area contributed by atoms with E-state index in [2.05, 4.69) is 22.2 Å². The molecule has 0 saturated heterocycles. The summed E-state index contributed by atoms with van der Waals surface area (Å²) in [5.74, 6) is 0.544. The second-order valence-electron chi connectivity index (χ2n) is 7.38. The Morgan fingerprint density at radius 1 is 0.966 bits per heavy atom. The van der Waals surface area contributed by atoms with Gasteiger partial charge in [-0.1, -0.05) is 30.3 Å². The first-order valence-electron chi connectivity index (χ1n) is 9.54. The molecule has 29 heavy (non-hydrogen) atoms. The van der Waals surface area contributed by atoms with Gasteiger partial charge in [0.25, 0.3) is 5.56 Å². The Balaban J connectivity index is 2.00. The molecule has 0 aliphatic heterocycles. The Kier molecular flexibility index (Phi) is 4.49. The minimum Gasteiger partial charge on any atom is -0.302 e. The molecule has 3 heterocycles. The van der Waals surface area contributed by atoms with Gasteiger partial charge in [-0.25, -0.2) is 9.48 Å². The normalized spacial score (nSPS) is 11.5. The predicted octanol–water partition coefficient (Wildman–Crippen LogP) is 1.79. The second-order valence-corrected chi connectivity index (χ2v) is 7.38. The van der Waals surface area contributed by atoms with Crippen LogP contribution in [0.3, 0.4) is 0 Å². The molecule has 0 radical (unpaired) electrons. The van der Waals surface area contributed by atoms with Crippen molar-refractivity contribution < 1.29 is 0 Å². The molecular formula is C21H24N6O2. The number of hydrogen-bond acceptors (Lipinski definition) is 4. The van der Waals surface area contributed by atoms with Gasteiger partial charge in [0.2, 0.25) is 5.95 Å². The number of rotatable bonds is 4. The molecular weight excluding hydrogens is 368 g/mol. The molecule has 8 nitrogen and oxygen atoms in total. The van der Waals surface area contributed by atoms with Crippen LogP contribution in [0.4, 0.5) is 0 Å². The summed E-state index contributed by atoms with van der Waals surface area (Å²) in [5, 5.41) is 4.63. The maximum Gasteiger partial charge on any atom is 0.332 e. The van der Waals surface area contributed by atoms with Gasteiger partial charge in [0.1, 0.15) is 0 Å². The minimum atomic E-state index is -0.397.